The molecule has 1 aromatic rings. The summed E-state index contributed by atoms with van der Waals surface area (Å²) in [6, 6.07) is 10.4. The number of fused-ring (bicyclic) bond motifs is 2. The first kappa shape index (κ1) is 19.5. The molecule has 0 spiro atoms. The van der Waals surface area contributed by atoms with Crippen LogP contribution in [0.25, 0.3) is 0 Å². The number of hydrogen-bond donors (Lipinski definition) is 3. The van der Waals surface area contributed by atoms with E-state index >= 15 is 0 Å². The van der Waals surface area contributed by atoms with Gasteiger partial charge in [0.15, 0.2) is 5.96 Å². The third-order valence-corrected chi connectivity index (χ3v) is 4.55. The molecule has 3 rings (SSSR count). The largest absolute Gasteiger partial charge is 0.391 e. The highest BCUT2D eigenvalue weighted by Gasteiger charge is 2.41. The maximum Gasteiger partial charge on any atom is 0.191 e. The third-order valence-electron chi connectivity index (χ3n) is 4.55. The molecule has 24 heavy (non-hydrogen) atoms. The van der Waals surface area contributed by atoms with Crippen molar-refractivity contribution in [2.45, 2.75) is 57.0 Å². The van der Waals surface area contributed by atoms with Crippen LogP contribution in [0.4, 0.5) is 0 Å². The van der Waals surface area contributed by atoms with Crippen LogP contribution < -0.4 is 10.6 Å². The van der Waals surface area contributed by atoms with E-state index in [9.17, 15) is 5.11 Å². The predicted octanol–water partition coefficient (Wildman–Crippen LogP) is 2.08. The number of halogens is 1. The van der Waals surface area contributed by atoms with Crippen molar-refractivity contribution in [1.82, 2.24) is 10.6 Å². The van der Waals surface area contributed by atoms with Gasteiger partial charge in [-0.15, -0.1) is 24.0 Å². The first-order valence-electron chi connectivity index (χ1n) is 8.67. The summed E-state index contributed by atoms with van der Waals surface area (Å²) in [5.41, 5.74) is 1.13. The van der Waals surface area contributed by atoms with Gasteiger partial charge in [-0.1, -0.05) is 30.3 Å². The molecule has 0 aliphatic carbocycles. The van der Waals surface area contributed by atoms with Gasteiger partial charge in [0.2, 0.25) is 0 Å². The molecule has 4 unspecified atom stereocenters. The Morgan fingerprint density at radius 3 is 2.75 bits per heavy atom. The fourth-order valence-corrected chi connectivity index (χ4v) is 3.43. The lowest BCUT2D eigenvalue weighted by Gasteiger charge is -2.23. The summed E-state index contributed by atoms with van der Waals surface area (Å²) in [5, 5.41) is 16.9. The molecule has 2 aliphatic rings. The van der Waals surface area contributed by atoms with Crippen molar-refractivity contribution >= 4 is 29.9 Å². The van der Waals surface area contributed by atoms with E-state index in [2.05, 4.69) is 22.5 Å². The molecular weight excluding hydrogens is 417 g/mol. The lowest BCUT2D eigenvalue weighted by atomic mass is 9.96. The Morgan fingerprint density at radius 2 is 2.12 bits per heavy atom. The Bertz CT molecular complexity index is 526. The molecule has 2 fully saturated rings. The number of rotatable bonds is 6. The number of nitrogens with zero attached hydrogens (tertiary/aromatic N) is 1. The van der Waals surface area contributed by atoms with E-state index in [0.29, 0.717) is 31.2 Å². The van der Waals surface area contributed by atoms with Gasteiger partial charge in [0.25, 0.3) is 0 Å². The van der Waals surface area contributed by atoms with Crippen molar-refractivity contribution in [2.24, 2.45) is 4.99 Å². The number of nitrogens with one attached hydrogen (secondary N) is 2. The standard InChI is InChI=1S/C18H27N3O2.HI/c1-2-19-18(21-16-11-15-8-9-17(16)23-15)20-12-14(22)10-13-6-4-3-5-7-13;/h3-7,14-17,22H,2,8-12H2,1H3,(H2,19,20,21);1H. The van der Waals surface area contributed by atoms with E-state index in [-0.39, 0.29) is 24.0 Å². The lowest BCUT2D eigenvalue weighted by molar-refractivity contribution is 0.0992. The van der Waals surface area contributed by atoms with Crippen LogP contribution in [0.2, 0.25) is 0 Å². The Labute approximate surface area is 161 Å². The van der Waals surface area contributed by atoms with Gasteiger partial charge in [-0.25, -0.2) is 0 Å². The Kier molecular flexibility index (Phi) is 7.77. The molecule has 2 saturated heterocycles. The molecule has 0 saturated carbocycles. The molecule has 2 bridgehead atoms. The van der Waals surface area contributed by atoms with Gasteiger partial charge in [-0.2, -0.15) is 0 Å². The fraction of sp³-hybridized carbons (Fsp3) is 0.611. The van der Waals surface area contributed by atoms with Crippen LogP contribution >= 0.6 is 24.0 Å². The predicted molar refractivity (Wildman–Crippen MR) is 107 cm³/mol. The topological polar surface area (TPSA) is 65.9 Å². The van der Waals surface area contributed by atoms with Gasteiger partial charge in [-0.05, 0) is 31.7 Å². The van der Waals surface area contributed by atoms with Gasteiger partial charge in [0, 0.05) is 13.0 Å². The molecule has 0 amide bonds. The van der Waals surface area contributed by atoms with E-state index in [1.54, 1.807) is 0 Å². The summed E-state index contributed by atoms with van der Waals surface area (Å²) >= 11 is 0. The van der Waals surface area contributed by atoms with Crippen molar-refractivity contribution in [1.29, 1.82) is 0 Å². The molecule has 0 aromatic heterocycles. The van der Waals surface area contributed by atoms with Crippen molar-refractivity contribution in [2.75, 3.05) is 13.1 Å². The highest BCUT2D eigenvalue weighted by Crippen LogP contribution is 2.34. The summed E-state index contributed by atoms with van der Waals surface area (Å²) in [7, 11) is 0. The van der Waals surface area contributed by atoms with Gasteiger partial charge in [0.1, 0.15) is 0 Å². The third kappa shape index (κ3) is 5.32. The smallest absolute Gasteiger partial charge is 0.191 e. The summed E-state index contributed by atoms with van der Waals surface area (Å²) in [6.07, 6.45) is 4.28. The maximum atomic E-state index is 10.2. The zero-order valence-electron chi connectivity index (χ0n) is 14.1. The molecule has 2 aliphatic heterocycles. The second kappa shape index (κ2) is 9.58. The number of aliphatic imine (C=N–C) groups is 1. The Morgan fingerprint density at radius 1 is 1.33 bits per heavy atom. The van der Waals surface area contributed by atoms with E-state index in [1.807, 2.05) is 30.3 Å². The number of guanidine groups is 1. The van der Waals surface area contributed by atoms with Crippen LogP contribution in [0.5, 0.6) is 0 Å². The Hall–Kier alpha value is -0.860. The minimum Gasteiger partial charge on any atom is -0.391 e. The summed E-state index contributed by atoms with van der Waals surface area (Å²) in [4.78, 5) is 4.55. The second-order valence-corrected chi connectivity index (χ2v) is 6.42. The summed E-state index contributed by atoms with van der Waals surface area (Å²) in [5.74, 6) is 0.778. The van der Waals surface area contributed by atoms with Crippen LogP contribution in [0.3, 0.4) is 0 Å². The van der Waals surface area contributed by atoms with Crippen molar-refractivity contribution in [3.05, 3.63) is 35.9 Å². The highest BCUT2D eigenvalue weighted by atomic mass is 127. The first-order valence-corrected chi connectivity index (χ1v) is 8.67. The minimum absolute atomic E-state index is 0. The SMILES string of the molecule is CCNC(=NCC(O)Cc1ccccc1)NC1CC2CCC1O2.I. The number of benzene rings is 1. The van der Waals surface area contributed by atoms with Crippen LogP contribution in [0.1, 0.15) is 31.7 Å². The molecule has 1 aromatic carbocycles. The second-order valence-electron chi connectivity index (χ2n) is 6.42. The van der Waals surface area contributed by atoms with Crippen LogP contribution in [0, 0.1) is 0 Å². The molecule has 3 N–H and O–H groups in total. The monoisotopic (exact) mass is 445 g/mol. The van der Waals surface area contributed by atoms with Crippen LogP contribution in [-0.2, 0) is 11.2 Å². The molecule has 6 heteroatoms. The van der Waals surface area contributed by atoms with E-state index in [1.165, 1.54) is 6.42 Å². The van der Waals surface area contributed by atoms with Crippen LogP contribution in [-0.4, -0.2) is 48.5 Å². The van der Waals surface area contributed by atoms with Crippen molar-refractivity contribution in [3.63, 3.8) is 0 Å². The molecule has 5 nitrogen and oxygen atoms in total. The highest BCUT2D eigenvalue weighted by molar-refractivity contribution is 14.0. The normalized spacial score (nSPS) is 26.8. The number of ether oxygens (including phenoxy) is 1. The van der Waals surface area contributed by atoms with Gasteiger partial charge in [-0.3, -0.25) is 4.99 Å². The van der Waals surface area contributed by atoms with Gasteiger partial charge in [0.05, 0.1) is 30.9 Å². The zero-order chi connectivity index (χ0) is 16.1. The quantitative estimate of drug-likeness (QED) is 0.357. The molecular formula is C18H28IN3O2. The summed E-state index contributed by atoms with van der Waals surface area (Å²) in [6.45, 7) is 3.25. The van der Waals surface area contributed by atoms with E-state index in [0.717, 1.165) is 30.9 Å². The van der Waals surface area contributed by atoms with Gasteiger partial charge < -0.3 is 20.5 Å². The molecule has 2 heterocycles. The zero-order valence-corrected chi connectivity index (χ0v) is 16.5. The first-order chi connectivity index (χ1) is 11.2. The van der Waals surface area contributed by atoms with Gasteiger partial charge >= 0.3 is 0 Å². The van der Waals surface area contributed by atoms with E-state index < -0.39 is 6.10 Å². The van der Waals surface area contributed by atoms with Crippen molar-refractivity contribution in [3.8, 4) is 0 Å². The molecule has 0 radical (unpaired) electrons. The Balaban J connectivity index is 0.00000208. The minimum atomic E-state index is -0.468. The number of aliphatic hydroxyl groups excluding tert-OH is 1. The van der Waals surface area contributed by atoms with Crippen LogP contribution in [0.15, 0.2) is 35.3 Å². The fourth-order valence-electron chi connectivity index (χ4n) is 3.43. The molecule has 134 valence electrons. The number of hydrogen-bond acceptors (Lipinski definition) is 3. The van der Waals surface area contributed by atoms with E-state index in [4.69, 9.17) is 4.74 Å². The number of aliphatic hydroxyl groups is 1. The average molecular weight is 445 g/mol. The summed E-state index contributed by atoms with van der Waals surface area (Å²) < 4.78 is 5.87. The maximum absolute atomic E-state index is 10.2. The lowest BCUT2D eigenvalue weighted by Crippen LogP contribution is -2.47. The van der Waals surface area contributed by atoms with Crippen molar-refractivity contribution < 1.29 is 9.84 Å². The average Bonchev–Trinajstić information content (AvgIpc) is 3.16. The molecule has 4 atom stereocenters.